The molecule has 100 valence electrons. The summed E-state index contributed by atoms with van der Waals surface area (Å²) in [6, 6.07) is 6.04. The van der Waals surface area contributed by atoms with Crippen LogP contribution in [0.5, 0.6) is 5.75 Å². The Morgan fingerprint density at radius 2 is 1.78 bits per heavy atom. The van der Waals surface area contributed by atoms with E-state index in [-0.39, 0.29) is 5.41 Å². The Labute approximate surface area is 134 Å². The average Bonchev–Trinajstić information content (AvgIpc) is 2.34. The average molecular weight is 441 g/mol. The molecule has 0 aliphatic heterocycles. The molecule has 1 aromatic rings. The van der Waals surface area contributed by atoms with E-state index in [1.54, 1.807) is 0 Å². The SMILES string of the molecule is CCC1(CC)C(Br)CC1Oc1c(Br)cccc1Br. The molecule has 0 saturated heterocycles. The zero-order chi connectivity index (χ0) is 13.3. The zero-order valence-corrected chi connectivity index (χ0v) is 15.3. The highest BCUT2D eigenvalue weighted by Crippen LogP contribution is 2.53. The summed E-state index contributed by atoms with van der Waals surface area (Å²) in [5.74, 6) is 0.924. The molecule has 0 radical (unpaired) electrons. The third kappa shape index (κ3) is 2.40. The van der Waals surface area contributed by atoms with Gasteiger partial charge in [-0.2, -0.15) is 0 Å². The molecule has 0 heterocycles. The largest absolute Gasteiger partial charge is 0.487 e. The van der Waals surface area contributed by atoms with Gasteiger partial charge >= 0.3 is 0 Å². The van der Waals surface area contributed by atoms with E-state index < -0.39 is 0 Å². The van der Waals surface area contributed by atoms with Gasteiger partial charge in [0.1, 0.15) is 11.9 Å². The third-order valence-corrected chi connectivity index (χ3v) is 6.72. The Hall–Kier alpha value is 0.460. The van der Waals surface area contributed by atoms with Crippen molar-refractivity contribution in [1.82, 2.24) is 0 Å². The molecule has 2 unspecified atom stereocenters. The molecule has 0 aromatic heterocycles. The highest BCUT2D eigenvalue weighted by Gasteiger charge is 2.53. The van der Waals surface area contributed by atoms with Crippen molar-refractivity contribution in [2.24, 2.45) is 5.41 Å². The van der Waals surface area contributed by atoms with E-state index in [2.05, 4.69) is 61.6 Å². The highest BCUT2D eigenvalue weighted by molar-refractivity contribution is 9.11. The van der Waals surface area contributed by atoms with Crippen LogP contribution < -0.4 is 4.74 Å². The second kappa shape index (κ2) is 5.84. The molecule has 1 saturated carbocycles. The van der Waals surface area contributed by atoms with Gasteiger partial charge in [-0.25, -0.2) is 0 Å². The van der Waals surface area contributed by atoms with Crippen LogP contribution in [0.25, 0.3) is 0 Å². The zero-order valence-electron chi connectivity index (χ0n) is 10.6. The van der Waals surface area contributed by atoms with Gasteiger partial charge in [0.25, 0.3) is 0 Å². The van der Waals surface area contributed by atoms with E-state index in [0.717, 1.165) is 34.0 Å². The lowest BCUT2D eigenvalue weighted by molar-refractivity contribution is -0.0419. The molecule has 2 atom stereocenters. The molecule has 4 heteroatoms. The topological polar surface area (TPSA) is 9.23 Å². The van der Waals surface area contributed by atoms with Crippen molar-refractivity contribution < 1.29 is 4.74 Å². The van der Waals surface area contributed by atoms with Gasteiger partial charge in [-0.15, -0.1) is 0 Å². The highest BCUT2D eigenvalue weighted by atomic mass is 79.9. The van der Waals surface area contributed by atoms with Crippen LogP contribution in [0.3, 0.4) is 0 Å². The summed E-state index contributed by atoms with van der Waals surface area (Å²) >= 11 is 10.9. The standard InChI is InChI=1S/C14H17Br3O/c1-3-14(4-2)11(17)8-12(14)18-13-9(15)6-5-7-10(13)16/h5-7,11-12H,3-4,8H2,1-2H3. The number of benzene rings is 1. The van der Waals surface area contributed by atoms with Gasteiger partial charge in [0.2, 0.25) is 0 Å². The lowest BCUT2D eigenvalue weighted by Gasteiger charge is -2.52. The van der Waals surface area contributed by atoms with Crippen molar-refractivity contribution in [3.63, 3.8) is 0 Å². The van der Waals surface area contributed by atoms with E-state index in [9.17, 15) is 0 Å². The summed E-state index contributed by atoms with van der Waals surface area (Å²) in [7, 11) is 0. The maximum Gasteiger partial charge on any atom is 0.148 e. The number of hydrogen-bond acceptors (Lipinski definition) is 1. The first kappa shape index (κ1) is 14.9. The summed E-state index contributed by atoms with van der Waals surface area (Å²) in [5.41, 5.74) is 0.273. The Kier molecular flexibility index (Phi) is 4.82. The van der Waals surface area contributed by atoms with Crippen LogP contribution in [0.2, 0.25) is 0 Å². The lowest BCUT2D eigenvalue weighted by Crippen LogP contribution is -2.56. The smallest absolute Gasteiger partial charge is 0.148 e. The van der Waals surface area contributed by atoms with Crippen LogP contribution in [-0.4, -0.2) is 10.9 Å². The maximum atomic E-state index is 6.26. The Morgan fingerprint density at radius 3 is 2.22 bits per heavy atom. The monoisotopic (exact) mass is 438 g/mol. The van der Waals surface area contributed by atoms with Crippen molar-refractivity contribution >= 4 is 47.8 Å². The first-order valence-electron chi connectivity index (χ1n) is 6.30. The van der Waals surface area contributed by atoms with Crippen molar-refractivity contribution in [2.45, 2.75) is 44.0 Å². The third-order valence-electron chi connectivity index (χ3n) is 4.18. The Morgan fingerprint density at radius 1 is 1.22 bits per heavy atom. The van der Waals surface area contributed by atoms with E-state index in [1.165, 1.54) is 0 Å². The van der Waals surface area contributed by atoms with Gasteiger partial charge in [0, 0.05) is 10.2 Å². The van der Waals surface area contributed by atoms with Gasteiger partial charge in [-0.1, -0.05) is 35.8 Å². The molecule has 1 aromatic carbocycles. The summed E-state index contributed by atoms with van der Waals surface area (Å²) in [6.45, 7) is 4.50. The van der Waals surface area contributed by atoms with Gasteiger partial charge in [0.15, 0.2) is 0 Å². The van der Waals surface area contributed by atoms with Crippen LogP contribution in [-0.2, 0) is 0 Å². The van der Waals surface area contributed by atoms with Crippen molar-refractivity contribution in [3.05, 3.63) is 27.1 Å². The van der Waals surface area contributed by atoms with Crippen LogP contribution in [0.1, 0.15) is 33.1 Å². The fourth-order valence-corrected chi connectivity index (χ4v) is 5.22. The summed E-state index contributed by atoms with van der Waals surface area (Å²) in [4.78, 5) is 0.575. The second-order valence-electron chi connectivity index (χ2n) is 4.80. The second-order valence-corrected chi connectivity index (χ2v) is 7.61. The predicted molar refractivity (Wildman–Crippen MR) is 86.6 cm³/mol. The first-order valence-corrected chi connectivity index (χ1v) is 8.80. The number of para-hydroxylation sites is 1. The molecule has 0 N–H and O–H groups in total. The Bertz CT molecular complexity index is 409. The molecule has 1 aliphatic rings. The Balaban J connectivity index is 2.20. The molecule has 1 nitrogen and oxygen atoms in total. The first-order chi connectivity index (χ1) is 8.55. The quantitative estimate of drug-likeness (QED) is 0.527. The van der Waals surface area contributed by atoms with Crippen LogP contribution in [0, 0.1) is 5.41 Å². The van der Waals surface area contributed by atoms with E-state index in [0.29, 0.717) is 10.9 Å². The molecule has 0 amide bonds. The summed E-state index contributed by atoms with van der Waals surface area (Å²) in [6.07, 6.45) is 3.67. The molecule has 2 rings (SSSR count). The van der Waals surface area contributed by atoms with Gasteiger partial charge in [-0.05, 0) is 63.3 Å². The fourth-order valence-electron chi connectivity index (χ4n) is 2.75. The summed E-state index contributed by atoms with van der Waals surface area (Å²) in [5, 5.41) is 0. The molecule has 1 aliphatic carbocycles. The molecular weight excluding hydrogens is 424 g/mol. The minimum atomic E-state index is 0.273. The van der Waals surface area contributed by atoms with Crippen molar-refractivity contribution in [1.29, 1.82) is 0 Å². The number of hydrogen-bond donors (Lipinski definition) is 0. The number of rotatable bonds is 4. The van der Waals surface area contributed by atoms with E-state index in [1.807, 2.05) is 18.2 Å². The van der Waals surface area contributed by atoms with Gasteiger partial charge in [0.05, 0.1) is 8.95 Å². The maximum absolute atomic E-state index is 6.26. The minimum absolute atomic E-state index is 0.273. The van der Waals surface area contributed by atoms with Crippen LogP contribution >= 0.6 is 47.8 Å². The van der Waals surface area contributed by atoms with E-state index in [4.69, 9.17) is 4.74 Å². The molecular formula is C14H17Br3O. The van der Waals surface area contributed by atoms with Gasteiger partial charge < -0.3 is 4.74 Å². The van der Waals surface area contributed by atoms with E-state index >= 15 is 0 Å². The predicted octanol–water partition coefficient (Wildman–Crippen LogP) is 5.93. The van der Waals surface area contributed by atoms with Crippen molar-refractivity contribution in [2.75, 3.05) is 0 Å². The number of halogens is 3. The molecule has 0 spiro atoms. The molecule has 18 heavy (non-hydrogen) atoms. The van der Waals surface area contributed by atoms with Gasteiger partial charge in [-0.3, -0.25) is 0 Å². The van der Waals surface area contributed by atoms with Crippen LogP contribution in [0.4, 0.5) is 0 Å². The summed E-state index contributed by atoms with van der Waals surface area (Å²) < 4.78 is 8.28. The van der Waals surface area contributed by atoms with Crippen LogP contribution in [0.15, 0.2) is 27.1 Å². The molecule has 0 bridgehead atoms. The molecule has 1 fully saturated rings. The number of ether oxygens (including phenoxy) is 1. The minimum Gasteiger partial charge on any atom is -0.487 e. The number of alkyl halides is 1. The van der Waals surface area contributed by atoms with Crippen molar-refractivity contribution in [3.8, 4) is 5.75 Å². The lowest BCUT2D eigenvalue weighted by atomic mass is 9.62. The normalized spacial score (nSPS) is 25.6. The fraction of sp³-hybridized carbons (Fsp3) is 0.571.